The van der Waals surface area contributed by atoms with Gasteiger partial charge in [0, 0.05) is 4.88 Å². The molecule has 0 saturated carbocycles. The summed E-state index contributed by atoms with van der Waals surface area (Å²) in [6.45, 7) is 1.75. The normalized spacial score (nSPS) is 14.4. The lowest BCUT2D eigenvalue weighted by Gasteiger charge is -2.11. The number of halogens is 1. The van der Waals surface area contributed by atoms with Crippen LogP contribution in [0.25, 0.3) is 5.69 Å². The zero-order valence-corrected chi connectivity index (χ0v) is 17.9. The maximum atomic E-state index is 13.5. The molecule has 7 nitrogen and oxygen atoms in total. The van der Waals surface area contributed by atoms with Crippen molar-refractivity contribution in [2.75, 3.05) is 5.32 Å². The summed E-state index contributed by atoms with van der Waals surface area (Å²) in [6.07, 6.45) is 5.19. The number of thiophene rings is 1. The third kappa shape index (κ3) is 4.22. The van der Waals surface area contributed by atoms with E-state index in [1.54, 1.807) is 19.1 Å². The van der Waals surface area contributed by atoms with Crippen molar-refractivity contribution >= 4 is 34.0 Å². The molecule has 10 heteroatoms. The third-order valence-electron chi connectivity index (χ3n) is 4.91. The van der Waals surface area contributed by atoms with E-state index in [1.807, 2.05) is 0 Å². The van der Waals surface area contributed by atoms with Crippen molar-refractivity contribution in [3.63, 3.8) is 0 Å². The van der Waals surface area contributed by atoms with Crippen LogP contribution < -0.4 is 5.32 Å². The summed E-state index contributed by atoms with van der Waals surface area (Å²) in [6, 6.07) is 8.19. The summed E-state index contributed by atoms with van der Waals surface area (Å²) >= 11 is 2.67. The number of nitrogens with one attached hydrogen (secondary N) is 1. The SMILES string of the molecule is C[C@@H](Sc1nnnn1-c1cccc(F)c1)C(=O)Nc1sc2c(c1C#N)CCCCC2. The van der Waals surface area contributed by atoms with Crippen LogP contribution in [0.15, 0.2) is 29.4 Å². The zero-order chi connectivity index (χ0) is 21.1. The molecular weight excluding hydrogens is 423 g/mol. The Balaban J connectivity index is 1.50. The number of anilines is 1. The molecule has 4 rings (SSSR count). The second-order valence-electron chi connectivity index (χ2n) is 6.98. The molecule has 0 fully saturated rings. The number of thioether (sulfide) groups is 1. The molecule has 0 unspecified atom stereocenters. The van der Waals surface area contributed by atoms with Gasteiger partial charge in [0.15, 0.2) is 0 Å². The van der Waals surface area contributed by atoms with Crippen molar-refractivity contribution in [3.05, 3.63) is 46.1 Å². The molecule has 0 aliphatic heterocycles. The fourth-order valence-corrected chi connectivity index (χ4v) is 5.45. The second kappa shape index (κ2) is 8.93. The van der Waals surface area contributed by atoms with Gasteiger partial charge in [-0.2, -0.15) is 9.94 Å². The fraction of sp³-hybridized carbons (Fsp3) is 0.350. The van der Waals surface area contributed by atoms with Crippen molar-refractivity contribution in [1.29, 1.82) is 5.26 Å². The summed E-state index contributed by atoms with van der Waals surface area (Å²) in [5.74, 6) is -0.632. The van der Waals surface area contributed by atoms with Crippen LogP contribution >= 0.6 is 23.1 Å². The van der Waals surface area contributed by atoms with Gasteiger partial charge in [0.1, 0.15) is 16.9 Å². The van der Waals surface area contributed by atoms with E-state index < -0.39 is 11.1 Å². The van der Waals surface area contributed by atoms with Gasteiger partial charge in [-0.25, -0.2) is 4.39 Å². The molecule has 1 N–H and O–H groups in total. The lowest BCUT2D eigenvalue weighted by Crippen LogP contribution is -2.23. The Morgan fingerprint density at radius 1 is 1.37 bits per heavy atom. The highest BCUT2D eigenvalue weighted by Crippen LogP contribution is 2.37. The molecule has 1 amide bonds. The smallest absolute Gasteiger partial charge is 0.238 e. The molecule has 0 saturated heterocycles. The van der Waals surface area contributed by atoms with Gasteiger partial charge >= 0.3 is 0 Å². The van der Waals surface area contributed by atoms with Gasteiger partial charge in [0.25, 0.3) is 0 Å². The number of carbonyl (C=O) groups is 1. The Labute approximate surface area is 181 Å². The van der Waals surface area contributed by atoms with Gasteiger partial charge in [-0.05, 0) is 66.8 Å². The number of aryl methyl sites for hydroxylation is 1. The van der Waals surface area contributed by atoms with Crippen LogP contribution in [0.1, 0.15) is 42.2 Å². The van der Waals surface area contributed by atoms with Gasteiger partial charge in [0.05, 0.1) is 16.5 Å². The summed E-state index contributed by atoms with van der Waals surface area (Å²) in [7, 11) is 0. The molecule has 1 atom stereocenters. The number of rotatable bonds is 5. The predicted octanol–water partition coefficient (Wildman–Crippen LogP) is 4.12. The molecule has 0 spiro atoms. The Kier molecular flexibility index (Phi) is 6.11. The molecule has 3 aromatic rings. The van der Waals surface area contributed by atoms with E-state index in [2.05, 4.69) is 26.9 Å². The number of aromatic nitrogens is 4. The number of hydrogen-bond donors (Lipinski definition) is 1. The van der Waals surface area contributed by atoms with Gasteiger partial charge in [-0.15, -0.1) is 16.4 Å². The molecule has 1 aliphatic rings. The number of hydrogen-bond acceptors (Lipinski definition) is 7. The molecule has 30 heavy (non-hydrogen) atoms. The Hall–Kier alpha value is -2.77. The Bertz CT molecular complexity index is 1120. The number of fused-ring (bicyclic) bond motifs is 1. The van der Waals surface area contributed by atoms with Crippen molar-refractivity contribution < 1.29 is 9.18 Å². The number of nitrogens with zero attached hydrogens (tertiary/aromatic N) is 5. The van der Waals surface area contributed by atoms with E-state index in [0.717, 1.165) is 31.2 Å². The molecule has 2 aromatic heterocycles. The highest BCUT2D eigenvalue weighted by molar-refractivity contribution is 8.00. The number of amides is 1. The van der Waals surface area contributed by atoms with Crippen molar-refractivity contribution in [3.8, 4) is 11.8 Å². The number of benzene rings is 1. The maximum absolute atomic E-state index is 13.5. The number of nitriles is 1. The molecule has 154 valence electrons. The van der Waals surface area contributed by atoms with Crippen molar-refractivity contribution in [1.82, 2.24) is 20.2 Å². The molecule has 1 aliphatic carbocycles. The van der Waals surface area contributed by atoms with E-state index in [-0.39, 0.29) is 5.91 Å². The third-order valence-corrected chi connectivity index (χ3v) is 7.16. The molecule has 0 radical (unpaired) electrons. The van der Waals surface area contributed by atoms with Gasteiger partial charge in [0.2, 0.25) is 11.1 Å². The van der Waals surface area contributed by atoms with Gasteiger partial charge in [-0.1, -0.05) is 24.2 Å². The summed E-state index contributed by atoms with van der Waals surface area (Å²) in [5, 5.41) is 24.6. The van der Waals surface area contributed by atoms with Gasteiger partial charge in [-0.3, -0.25) is 4.79 Å². The average Bonchev–Trinajstić information content (AvgIpc) is 3.24. The highest BCUT2D eigenvalue weighted by atomic mass is 32.2. The topological polar surface area (TPSA) is 96.5 Å². The van der Waals surface area contributed by atoms with Crippen LogP contribution in [-0.2, 0) is 17.6 Å². The Morgan fingerprint density at radius 3 is 3.00 bits per heavy atom. The second-order valence-corrected chi connectivity index (χ2v) is 9.40. The minimum Gasteiger partial charge on any atom is -0.316 e. The fourth-order valence-electron chi connectivity index (χ4n) is 3.40. The van der Waals surface area contributed by atoms with Crippen LogP contribution in [0, 0.1) is 17.1 Å². The molecule has 0 bridgehead atoms. The summed E-state index contributed by atoms with van der Waals surface area (Å²) < 4.78 is 14.9. The largest absolute Gasteiger partial charge is 0.316 e. The van der Waals surface area contributed by atoms with Crippen molar-refractivity contribution in [2.45, 2.75) is 49.4 Å². The van der Waals surface area contributed by atoms with E-state index >= 15 is 0 Å². The Morgan fingerprint density at radius 2 is 2.20 bits per heavy atom. The van der Waals surface area contributed by atoms with E-state index in [0.29, 0.717) is 21.4 Å². The summed E-state index contributed by atoms with van der Waals surface area (Å²) in [4.78, 5) is 14.0. The lowest BCUT2D eigenvalue weighted by molar-refractivity contribution is -0.115. The molecule has 1 aromatic carbocycles. The molecular formula is C20H19FN6OS2. The van der Waals surface area contributed by atoms with Crippen LogP contribution in [0.4, 0.5) is 9.39 Å². The maximum Gasteiger partial charge on any atom is 0.238 e. The highest BCUT2D eigenvalue weighted by Gasteiger charge is 2.24. The van der Waals surface area contributed by atoms with Crippen LogP contribution in [-0.4, -0.2) is 31.4 Å². The standard InChI is InChI=1S/C20H19FN6OS2/c1-12(29-20-24-25-26-27(20)14-7-5-6-13(21)10-14)18(28)23-19-16(11-22)15-8-3-2-4-9-17(15)30-19/h5-7,10,12H,2-4,8-9H2,1H3,(H,23,28)/t12-/m1/s1. The monoisotopic (exact) mass is 442 g/mol. The number of tetrazole rings is 1. The van der Waals surface area contributed by atoms with E-state index in [4.69, 9.17) is 0 Å². The van der Waals surface area contributed by atoms with Crippen LogP contribution in [0.2, 0.25) is 0 Å². The first-order chi connectivity index (χ1) is 14.6. The zero-order valence-electron chi connectivity index (χ0n) is 16.3. The van der Waals surface area contributed by atoms with Crippen LogP contribution in [0.3, 0.4) is 0 Å². The minimum atomic E-state index is -0.517. The van der Waals surface area contributed by atoms with Crippen molar-refractivity contribution in [2.24, 2.45) is 0 Å². The first kappa shape index (κ1) is 20.5. The lowest BCUT2D eigenvalue weighted by atomic mass is 10.1. The quantitative estimate of drug-likeness (QED) is 0.472. The summed E-state index contributed by atoms with van der Waals surface area (Å²) in [5.41, 5.74) is 2.15. The average molecular weight is 443 g/mol. The first-order valence-corrected chi connectivity index (χ1v) is 11.3. The van der Waals surface area contributed by atoms with E-state index in [1.165, 1.54) is 51.2 Å². The first-order valence-electron chi connectivity index (χ1n) is 9.63. The van der Waals surface area contributed by atoms with Crippen LogP contribution in [0.5, 0.6) is 0 Å². The van der Waals surface area contributed by atoms with E-state index in [9.17, 15) is 14.4 Å². The predicted molar refractivity (Wildman–Crippen MR) is 113 cm³/mol. The van der Waals surface area contributed by atoms with Gasteiger partial charge < -0.3 is 5.32 Å². The number of carbonyl (C=O) groups excluding carboxylic acids is 1. The minimum absolute atomic E-state index is 0.235. The molecule has 2 heterocycles.